The van der Waals surface area contributed by atoms with E-state index in [9.17, 15) is 19.5 Å². The van der Waals surface area contributed by atoms with Crippen molar-refractivity contribution in [1.82, 2.24) is 0 Å². The fraction of sp³-hybridized carbons (Fsp3) is 0.182. The van der Waals surface area contributed by atoms with Crippen LogP contribution in [0.1, 0.15) is 30.9 Å². The fourth-order valence-electron chi connectivity index (χ4n) is 4.57. The van der Waals surface area contributed by atoms with Crippen LogP contribution in [0.3, 0.4) is 0 Å². The molecule has 10 nitrogen and oxygen atoms in total. The second-order valence-corrected chi connectivity index (χ2v) is 9.70. The number of para-hydroxylation sites is 4. The Bertz CT molecular complexity index is 1460. The summed E-state index contributed by atoms with van der Waals surface area (Å²) in [6.07, 6.45) is -1.14. The molecule has 4 aromatic carbocycles. The van der Waals surface area contributed by atoms with E-state index < -0.39 is 23.6 Å². The maximum atomic E-state index is 12.5. The number of ether oxygens (including phenoxy) is 4. The second kappa shape index (κ2) is 13.9. The number of carboxylic acid groups (broad SMARTS) is 1. The summed E-state index contributed by atoms with van der Waals surface area (Å²) in [5.74, 6) is 0.685. The molecular formula is C33H32N2O8. The third-order valence-electron chi connectivity index (χ3n) is 6.93. The molecule has 0 radical (unpaired) electrons. The molecule has 222 valence electrons. The molecule has 4 aromatic rings. The molecule has 0 spiro atoms. The van der Waals surface area contributed by atoms with Crippen molar-refractivity contribution >= 4 is 29.5 Å². The van der Waals surface area contributed by atoms with E-state index in [0.717, 1.165) is 11.1 Å². The van der Waals surface area contributed by atoms with E-state index in [1.54, 1.807) is 97.1 Å². The monoisotopic (exact) mass is 584 g/mol. The Labute approximate surface area is 249 Å². The summed E-state index contributed by atoms with van der Waals surface area (Å²) in [6, 6.07) is 27.7. The lowest BCUT2D eigenvalue weighted by Crippen LogP contribution is -2.25. The number of hydrogen-bond donors (Lipinski definition) is 3. The van der Waals surface area contributed by atoms with Gasteiger partial charge in [0.15, 0.2) is 0 Å². The zero-order valence-electron chi connectivity index (χ0n) is 24.0. The Hall–Kier alpha value is -5.51. The van der Waals surface area contributed by atoms with Crippen LogP contribution in [0.25, 0.3) is 0 Å². The second-order valence-electron chi connectivity index (χ2n) is 9.70. The minimum Gasteiger partial charge on any atom is -0.495 e. The lowest BCUT2D eigenvalue weighted by atomic mass is 9.73. The molecule has 0 aliphatic heterocycles. The first-order chi connectivity index (χ1) is 20.7. The Morgan fingerprint density at radius 1 is 0.651 bits per heavy atom. The van der Waals surface area contributed by atoms with Crippen LogP contribution in [0.4, 0.5) is 21.0 Å². The highest BCUT2D eigenvalue weighted by Crippen LogP contribution is 2.38. The zero-order chi connectivity index (χ0) is 30.8. The minimum atomic E-state index is -0.924. The molecule has 0 saturated carbocycles. The van der Waals surface area contributed by atoms with Crippen LogP contribution >= 0.6 is 0 Å². The first-order valence-electron chi connectivity index (χ1n) is 13.4. The molecule has 3 N–H and O–H groups in total. The number of hydrogen-bond acceptors (Lipinski definition) is 7. The van der Waals surface area contributed by atoms with Gasteiger partial charge in [-0.3, -0.25) is 15.4 Å². The van der Waals surface area contributed by atoms with Gasteiger partial charge in [0.25, 0.3) is 0 Å². The van der Waals surface area contributed by atoms with Crippen LogP contribution in [-0.4, -0.2) is 37.5 Å². The number of methoxy groups -OCH3 is 2. The summed E-state index contributed by atoms with van der Waals surface area (Å²) in [5.41, 5.74) is 1.85. The average molecular weight is 585 g/mol. The third kappa shape index (κ3) is 7.82. The molecule has 0 aliphatic rings. The van der Waals surface area contributed by atoms with Gasteiger partial charge in [-0.05, 0) is 66.1 Å². The molecule has 0 aliphatic carbocycles. The summed E-state index contributed by atoms with van der Waals surface area (Å²) >= 11 is 0. The van der Waals surface area contributed by atoms with E-state index in [0.29, 0.717) is 40.8 Å². The van der Waals surface area contributed by atoms with Crippen LogP contribution < -0.4 is 29.6 Å². The quantitative estimate of drug-likeness (QED) is 0.170. The van der Waals surface area contributed by atoms with Crippen LogP contribution in [0.15, 0.2) is 97.1 Å². The Morgan fingerprint density at radius 3 is 1.42 bits per heavy atom. The number of carbonyl (C=O) groups is 3. The van der Waals surface area contributed by atoms with Crippen LogP contribution in [0.2, 0.25) is 0 Å². The van der Waals surface area contributed by atoms with Gasteiger partial charge in [-0.1, -0.05) is 55.5 Å². The van der Waals surface area contributed by atoms with Gasteiger partial charge >= 0.3 is 18.2 Å². The molecule has 0 fully saturated rings. The highest BCUT2D eigenvalue weighted by atomic mass is 16.6. The van der Waals surface area contributed by atoms with Crippen molar-refractivity contribution in [2.75, 3.05) is 24.9 Å². The minimum absolute atomic E-state index is 0.0738. The van der Waals surface area contributed by atoms with Crippen molar-refractivity contribution in [3.63, 3.8) is 0 Å². The summed E-state index contributed by atoms with van der Waals surface area (Å²) in [7, 11) is 3.01. The van der Waals surface area contributed by atoms with Crippen molar-refractivity contribution < 1.29 is 38.4 Å². The third-order valence-corrected chi connectivity index (χ3v) is 6.93. The van der Waals surface area contributed by atoms with Crippen molar-refractivity contribution in [3.05, 3.63) is 108 Å². The van der Waals surface area contributed by atoms with Gasteiger partial charge < -0.3 is 24.1 Å². The smallest absolute Gasteiger partial charge is 0.417 e. The van der Waals surface area contributed by atoms with Gasteiger partial charge in [-0.2, -0.15) is 0 Å². The molecule has 0 heterocycles. The van der Waals surface area contributed by atoms with Gasteiger partial charge in [-0.15, -0.1) is 0 Å². The number of anilines is 2. The summed E-state index contributed by atoms with van der Waals surface area (Å²) in [5, 5.41) is 14.7. The molecule has 4 rings (SSSR count). The average Bonchev–Trinajstić information content (AvgIpc) is 3.01. The molecule has 0 unspecified atom stereocenters. The van der Waals surface area contributed by atoms with Gasteiger partial charge in [0.05, 0.1) is 25.6 Å². The molecule has 0 aromatic heterocycles. The van der Waals surface area contributed by atoms with Gasteiger partial charge in [0, 0.05) is 11.8 Å². The Balaban J connectivity index is 1.47. The number of benzene rings is 4. The number of aliphatic carboxylic acids is 1. The maximum absolute atomic E-state index is 12.5. The van der Waals surface area contributed by atoms with Crippen LogP contribution in [-0.2, 0) is 10.2 Å². The van der Waals surface area contributed by atoms with Crippen molar-refractivity contribution in [2.24, 2.45) is 0 Å². The van der Waals surface area contributed by atoms with E-state index in [1.807, 2.05) is 6.92 Å². The molecule has 0 bridgehead atoms. The van der Waals surface area contributed by atoms with Crippen molar-refractivity contribution in [3.8, 4) is 23.0 Å². The zero-order valence-corrected chi connectivity index (χ0v) is 24.0. The Morgan fingerprint density at radius 2 is 1.05 bits per heavy atom. The number of nitrogens with one attached hydrogen (secondary N) is 2. The van der Waals surface area contributed by atoms with Gasteiger partial charge in [-0.25, -0.2) is 9.59 Å². The lowest BCUT2D eigenvalue weighted by Gasteiger charge is -2.31. The molecule has 2 amide bonds. The summed E-state index contributed by atoms with van der Waals surface area (Å²) < 4.78 is 21.4. The largest absolute Gasteiger partial charge is 0.495 e. The van der Waals surface area contributed by atoms with Gasteiger partial charge in [0.2, 0.25) is 0 Å². The molecular weight excluding hydrogens is 552 g/mol. The summed E-state index contributed by atoms with van der Waals surface area (Å²) in [6.45, 7) is 1.93. The molecule has 43 heavy (non-hydrogen) atoms. The highest BCUT2D eigenvalue weighted by molar-refractivity contribution is 5.89. The molecule has 0 saturated heterocycles. The summed E-state index contributed by atoms with van der Waals surface area (Å²) in [4.78, 5) is 36.4. The predicted molar refractivity (Wildman–Crippen MR) is 161 cm³/mol. The van der Waals surface area contributed by atoms with Crippen molar-refractivity contribution in [1.29, 1.82) is 0 Å². The Kier molecular flexibility index (Phi) is 9.85. The highest BCUT2D eigenvalue weighted by Gasteiger charge is 2.30. The molecule has 10 heteroatoms. The van der Waals surface area contributed by atoms with Crippen LogP contribution in [0, 0.1) is 0 Å². The van der Waals surface area contributed by atoms with E-state index in [-0.39, 0.29) is 6.42 Å². The topological polar surface area (TPSA) is 132 Å². The number of amides is 2. The van der Waals surface area contributed by atoms with Crippen molar-refractivity contribution in [2.45, 2.75) is 25.2 Å². The number of carboxylic acids is 1. The van der Waals surface area contributed by atoms with Crippen LogP contribution in [0.5, 0.6) is 23.0 Å². The normalized spacial score (nSPS) is 10.8. The lowest BCUT2D eigenvalue weighted by molar-refractivity contribution is -0.137. The fourth-order valence-corrected chi connectivity index (χ4v) is 4.57. The number of rotatable bonds is 11. The maximum Gasteiger partial charge on any atom is 0.417 e. The molecule has 0 atom stereocenters. The van der Waals surface area contributed by atoms with E-state index >= 15 is 0 Å². The van der Waals surface area contributed by atoms with E-state index in [1.165, 1.54) is 14.2 Å². The van der Waals surface area contributed by atoms with E-state index in [4.69, 9.17) is 18.9 Å². The van der Waals surface area contributed by atoms with Gasteiger partial charge in [0.1, 0.15) is 23.0 Å². The first kappa shape index (κ1) is 30.4. The number of carbonyl (C=O) groups excluding carboxylic acids is 2. The SMILES string of the molecule is COc1ccccc1NC(=O)Oc1ccc(C(C)(CCC(=O)O)c2ccc(OC(=O)Nc3ccccc3OC)cc2)cc1. The first-order valence-corrected chi connectivity index (χ1v) is 13.4. The van der Waals surface area contributed by atoms with E-state index in [2.05, 4.69) is 10.6 Å². The predicted octanol–water partition coefficient (Wildman–Crippen LogP) is 7.10. The standard InChI is InChI=1S/C33H32N2O8/c1-33(21-20-30(36)37,22-12-16-24(17-13-22)42-31(38)34-26-8-4-6-10-28(26)40-2)23-14-18-25(19-15-23)43-32(39)35-27-9-5-7-11-29(27)41-3/h4-19H,20-21H2,1-3H3,(H,34,38)(H,35,39)(H,36,37).